The number of carbonyl (C=O) groups is 1. The van der Waals surface area contributed by atoms with Gasteiger partial charge in [0.15, 0.2) is 0 Å². The molecule has 1 aromatic heterocycles. The molecule has 0 unspecified atom stereocenters. The molecule has 1 heterocycles. The Morgan fingerprint density at radius 3 is 2.74 bits per heavy atom. The molecule has 0 aliphatic rings. The number of anilines is 1. The minimum atomic E-state index is -0.557. The van der Waals surface area contributed by atoms with Crippen LogP contribution in [0.15, 0.2) is 34.9 Å². The highest BCUT2D eigenvalue weighted by atomic mass is 79.9. The average molecular weight is 322 g/mol. The van der Waals surface area contributed by atoms with Gasteiger partial charge in [0.25, 0.3) is 5.91 Å². The van der Waals surface area contributed by atoms with Crippen LogP contribution in [0.3, 0.4) is 0 Å². The fraction of sp³-hybridized carbons (Fsp3) is 0.0769. The molecule has 0 aliphatic carbocycles. The fourth-order valence-electron chi connectivity index (χ4n) is 1.50. The predicted octanol–water partition coefficient (Wildman–Crippen LogP) is 2.63. The van der Waals surface area contributed by atoms with Gasteiger partial charge in [0, 0.05) is 0 Å². The molecule has 5 nitrogen and oxygen atoms in total. The second kappa shape index (κ2) is 5.27. The molecule has 0 aliphatic heterocycles. The van der Waals surface area contributed by atoms with Crippen molar-refractivity contribution in [3.8, 4) is 11.6 Å². The monoisotopic (exact) mass is 321 g/mol. The van der Waals surface area contributed by atoms with Gasteiger partial charge in [-0.3, -0.25) is 4.79 Å². The van der Waals surface area contributed by atoms with E-state index < -0.39 is 5.91 Å². The molecule has 0 atom stereocenters. The van der Waals surface area contributed by atoms with Crippen molar-refractivity contribution in [1.82, 2.24) is 4.98 Å². The van der Waals surface area contributed by atoms with Gasteiger partial charge in [-0.05, 0) is 40.5 Å². The van der Waals surface area contributed by atoms with Crippen LogP contribution < -0.4 is 16.2 Å². The first kappa shape index (κ1) is 13.4. The first-order valence-electron chi connectivity index (χ1n) is 5.48. The summed E-state index contributed by atoms with van der Waals surface area (Å²) in [5.74, 6) is 0.131. The van der Waals surface area contributed by atoms with Crippen LogP contribution in [0.4, 0.5) is 5.69 Å². The van der Waals surface area contributed by atoms with Crippen LogP contribution in [0.2, 0.25) is 0 Å². The fourth-order valence-corrected chi connectivity index (χ4v) is 1.92. The smallest absolute Gasteiger partial charge is 0.252 e. The molecule has 0 spiro atoms. The van der Waals surface area contributed by atoms with Crippen molar-refractivity contribution >= 4 is 27.5 Å². The predicted molar refractivity (Wildman–Crippen MR) is 76.1 cm³/mol. The molecule has 2 rings (SSSR count). The summed E-state index contributed by atoms with van der Waals surface area (Å²) < 4.78 is 6.27. The molecule has 4 N–H and O–H groups in total. The molecule has 0 saturated heterocycles. The Labute approximate surface area is 118 Å². The number of halogens is 1. The van der Waals surface area contributed by atoms with Crippen molar-refractivity contribution in [3.05, 3.63) is 46.1 Å². The first-order chi connectivity index (χ1) is 9.00. The maximum atomic E-state index is 11.3. The molecule has 19 heavy (non-hydrogen) atoms. The number of pyridine rings is 1. The SMILES string of the molecule is Cc1c(N)cnc(Oc2ccccc2C(N)=O)c1Br. The van der Waals surface area contributed by atoms with Crippen LogP contribution in [0.1, 0.15) is 15.9 Å². The lowest BCUT2D eigenvalue weighted by Gasteiger charge is -2.11. The summed E-state index contributed by atoms with van der Waals surface area (Å²) in [5.41, 5.74) is 12.7. The molecule has 98 valence electrons. The van der Waals surface area contributed by atoms with E-state index in [1.807, 2.05) is 6.92 Å². The number of aromatic nitrogens is 1. The normalized spacial score (nSPS) is 10.2. The largest absolute Gasteiger partial charge is 0.437 e. The number of nitrogens with two attached hydrogens (primary N) is 2. The molecule has 0 radical (unpaired) electrons. The summed E-state index contributed by atoms with van der Waals surface area (Å²) in [4.78, 5) is 15.4. The Morgan fingerprint density at radius 1 is 1.37 bits per heavy atom. The molecule has 0 bridgehead atoms. The lowest BCUT2D eigenvalue weighted by atomic mass is 10.2. The highest BCUT2D eigenvalue weighted by Gasteiger charge is 2.13. The average Bonchev–Trinajstić information content (AvgIpc) is 2.40. The number of ether oxygens (including phenoxy) is 1. The van der Waals surface area contributed by atoms with E-state index in [-0.39, 0.29) is 0 Å². The third kappa shape index (κ3) is 2.68. The van der Waals surface area contributed by atoms with Crippen molar-refractivity contribution in [2.75, 3.05) is 5.73 Å². The zero-order valence-electron chi connectivity index (χ0n) is 10.2. The van der Waals surface area contributed by atoms with Crippen molar-refractivity contribution in [2.45, 2.75) is 6.92 Å². The number of hydrogen-bond acceptors (Lipinski definition) is 4. The van der Waals surface area contributed by atoms with Crippen molar-refractivity contribution in [3.63, 3.8) is 0 Å². The minimum Gasteiger partial charge on any atom is -0.437 e. The highest BCUT2D eigenvalue weighted by Crippen LogP contribution is 2.33. The Kier molecular flexibility index (Phi) is 3.71. The van der Waals surface area contributed by atoms with E-state index in [0.29, 0.717) is 27.4 Å². The van der Waals surface area contributed by atoms with Crippen LogP contribution in [-0.4, -0.2) is 10.9 Å². The van der Waals surface area contributed by atoms with E-state index >= 15 is 0 Å². The van der Waals surface area contributed by atoms with Crippen LogP contribution >= 0.6 is 15.9 Å². The van der Waals surface area contributed by atoms with Gasteiger partial charge in [-0.15, -0.1) is 0 Å². The minimum absolute atomic E-state index is 0.297. The number of para-hydroxylation sites is 1. The summed E-state index contributed by atoms with van der Waals surface area (Å²) in [5, 5.41) is 0. The maximum Gasteiger partial charge on any atom is 0.252 e. The van der Waals surface area contributed by atoms with E-state index in [1.165, 1.54) is 6.20 Å². The van der Waals surface area contributed by atoms with E-state index in [2.05, 4.69) is 20.9 Å². The van der Waals surface area contributed by atoms with Gasteiger partial charge in [0.2, 0.25) is 5.88 Å². The molecule has 1 amide bonds. The quantitative estimate of drug-likeness (QED) is 0.909. The number of hydrogen-bond donors (Lipinski definition) is 2. The summed E-state index contributed by atoms with van der Waals surface area (Å²) in [7, 11) is 0. The second-order valence-corrected chi connectivity index (χ2v) is 4.71. The topological polar surface area (TPSA) is 91.2 Å². The van der Waals surface area contributed by atoms with Gasteiger partial charge >= 0.3 is 0 Å². The van der Waals surface area contributed by atoms with E-state index in [4.69, 9.17) is 16.2 Å². The lowest BCUT2D eigenvalue weighted by Crippen LogP contribution is -2.12. The second-order valence-electron chi connectivity index (χ2n) is 3.92. The third-order valence-electron chi connectivity index (χ3n) is 2.63. The number of rotatable bonds is 3. The van der Waals surface area contributed by atoms with E-state index in [0.717, 1.165) is 5.56 Å². The lowest BCUT2D eigenvalue weighted by molar-refractivity contribution is 0.0998. The molecule has 0 fully saturated rings. The number of primary amides is 1. The standard InChI is InChI=1S/C13H12BrN3O2/c1-7-9(15)6-17-13(11(7)14)19-10-5-3-2-4-8(10)12(16)18/h2-6H,15H2,1H3,(H2,16,18). The van der Waals surface area contributed by atoms with Gasteiger partial charge in [0.05, 0.1) is 21.9 Å². The summed E-state index contributed by atoms with van der Waals surface area (Å²) >= 11 is 3.37. The van der Waals surface area contributed by atoms with Crippen molar-refractivity contribution in [2.24, 2.45) is 5.73 Å². The zero-order chi connectivity index (χ0) is 14.0. The summed E-state index contributed by atoms with van der Waals surface area (Å²) in [6.07, 6.45) is 1.50. The van der Waals surface area contributed by atoms with Crippen LogP contribution in [-0.2, 0) is 0 Å². The van der Waals surface area contributed by atoms with Crippen LogP contribution in [0.5, 0.6) is 11.6 Å². The molecule has 1 aromatic carbocycles. The Morgan fingerprint density at radius 2 is 2.05 bits per heavy atom. The van der Waals surface area contributed by atoms with Crippen LogP contribution in [0, 0.1) is 6.92 Å². The van der Waals surface area contributed by atoms with Crippen molar-refractivity contribution in [1.29, 1.82) is 0 Å². The number of nitrogens with zero attached hydrogens (tertiary/aromatic N) is 1. The van der Waals surface area contributed by atoms with Crippen LogP contribution in [0.25, 0.3) is 0 Å². The summed E-state index contributed by atoms with van der Waals surface area (Å²) in [6.45, 7) is 1.84. The number of amides is 1. The Bertz CT molecular complexity index is 644. The highest BCUT2D eigenvalue weighted by molar-refractivity contribution is 9.10. The third-order valence-corrected chi connectivity index (χ3v) is 3.56. The zero-order valence-corrected chi connectivity index (χ0v) is 11.8. The van der Waals surface area contributed by atoms with Gasteiger partial charge in [-0.1, -0.05) is 12.1 Å². The van der Waals surface area contributed by atoms with E-state index in [1.54, 1.807) is 24.3 Å². The van der Waals surface area contributed by atoms with Gasteiger partial charge in [-0.2, -0.15) is 0 Å². The molecular formula is C13H12BrN3O2. The molecular weight excluding hydrogens is 310 g/mol. The van der Waals surface area contributed by atoms with Crippen molar-refractivity contribution < 1.29 is 9.53 Å². The van der Waals surface area contributed by atoms with E-state index in [9.17, 15) is 4.79 Å². The summed E-state index contributed by atoms with van der Waals surface area (Å²) in [6, 6.07) is 6.71. The Hall–Kier alpha value is -2.08. The first-order valence-corrected chi connectivity index (χ1v) is 6.27. The molecule has 6 heteroatoms. The number of nitrogen functional groups attached to an aromatic ring is 1. The van der Waals surface area contributed by atoms with Gasteiger partial charge in [-0.25, -0.2) is 4.98 Å². The maximum absolute atomic E-state index is 11.3. The van der Waals surface area contributed by atoms with Gasteiger partial charge < -0.3 is 16.2 Å². The Balaban J connectivity index is 2.42. The number of benzene rings is 1. The molecule has 0 saturated carbocycles. The molecule has 2 aromatic rings. The number of carbonyl (C=O) groups excluding carboxylic acids is 1. The van der Waals surface area contributed by atoms with Gasteiger partial charge in [0.1, 0.15) is 5.75 Å².